The molecule has 1 unspecified atom stereocenters. The molecule has 0 fully saturated rings. The Morgan fingerprint density at radius 3 is 2.47 bits per heavy atom. The summed E-state index contributed by atoms with van der Waals surface area (Å²) in [5, 5.41) is 3.49. The van der Waals surface area contributed by atoms with Gasteiger partial charge in [0.2, 0.25) is 0 Å². The number of pyridine rings is 1. The molecule has 2 aromatic rings. The first-order chi connectivity index (χ1) is 9.11. The monoisotopic (exact) mass is 382 g/mol. The number of benzene rings is 1. The van der Waals surface area contributed by atoms with Crippen molar-refractivity contribution in [1.29, 1.82) is 0 Å². The first-order valence-electron chi connectivity index (χ1n) is 6.22. The highest BCUT2D eigenvalue weighted by molar-refractivity contribution is 9.11. The minimum atomic E-state index is 0.105. The van der Waals surface area contributed by atoms with Crippen molar-refractivity contribution in [3.05, 3.63) is 62.3 Å². The van der Waals surface area contributed by atoms with Gasteiger partial charge in [-0.3, -0.25) is 4.98 Å². The average Bonchev–Trinajstić information content (AvgIpc) is 2.38. The number of hydrogen-bond donors (Lipinski definition) is 1. The minimum absolute atomic E-state index is 0.105. The Balaban J connectivity index is 2.41. The number of nitrogens with zero attached hydrogens (tertiary/aromatic N) is 1. The van der Waals surface area contributed by atoms with Crippen LogP contribution in [0.15, 0.2) is 45.5 Å². The fraction of sp³-hybridized carbons (Fsp3) is 0.267. The molecule has 1 aromatic heterocycles. The molecule has 19 heavy (non-hydrogen) atoms. The number of rotatable bonds is 4. The van der Waals surface area contributed by atoms with Gasteiger partial charge < -0.3 is 5.32 Å². The van der Waals surface area contributed by atoms with E-state index in [9.17, 15) is 0 Å². The van der Waals surface area contributed by atoms with Crippen molar-refractivity contribution >= 4 is 31.9 Å². The Kier molecular flexibility index (Phi) is 5.13. The molecule has 4 heteroatoms. The summed E-state index contributed by atoms with van der Waals surface area (Å²) in [5.41, 5.74) is 3.50. The Morgan fingerprint density at radius 1 is 1.21 bits per heavy atom. The molecule has 0 aliphatic carbocycles. The number of aromatic nitrogens is 1. The molecule has 0 aliphatic rings. The van der Waals surface area contributed by atoms with Gasteiger partial charge in [-0.25, -0.2) is 0 Å². The lowest BCUT2D eigenvalue weighted by Gasteiger charge is -2.19. The average molecular weight is 384 g/mol. The molecule has 1 atom stereocenters. The van der Waals surface area contributed by atoms with Crippen LogP contribution in [0.5, 0.6) is 0 Å². The summed E-state index contributed by atoms with van der Waals surface area (Å²) in [6.07, 6.45) is 1.83. The topological polar surface area (TPSA) is 24.9 Å². The van der Waals surface area contributed by atoms with Crippen LogP contribution in [-0.4, -0.2) is 11.5 Å². The molecular weight excluding hydrogens is 368 g/mol. The lowest BCUT2D eigenvalue weighted by atomic mass is 10.0. The Hall–Kier alpha value is -0.710. The largest absolute Gasteiger partial charge is 0.305 e. The van der Waals surface area contributed by atoms with E-state index in [0.29, 0.717) is 0 Å². The van der Waals surface area contributed by atoms with Crippen molar-refractivity contribution in [1.82, 2.24) is 10.3 Å². The minimum Gasteiger partial charge on any atom is -0.305 e. The van der Waals surface area contributed by atoms with E-state index in [0.717, 1.165) is 21.2 Å². The van der Waals surface area contributed by atoms with Gasteiger partial charge in [-0.2, -0.15) is 0 Å². The van der Waals surface area contributed by atoms with Gasteiger partial charge in [0, 0.05) is 15.1 Å². The summed E-state index contributed by atoms with van der Waals surface area (Å²) >= 11 is 7.03. The van der Waals surface area contributed by atoms with Crippen molar-refractivity contribution < 1.29 is 0 Å². The molecule has 1 N–H and O–H groups in total. The van der Waals surface area contributed by atoms with Crippen LogP contribution in [0.3, 0.4) is 0 Å². The zero-order valence-corrected chi connectivity index (χ0v) is 14.1. The van der Waals surface area contributed by atoms with Gasteiger partial charge in [0.05, 0.1) is 11.7 Å². The second kappa shape index (κ2) is 6.64. The highest BCUT2D eigenvalue weighted by Crippen LogP contribution is 2.29. The summed E-state index contributed by atoms with van der Waals surface area (Å²) in [4.78, 5) is 4.54. The smallest absolute Gasteiger partial charge is 0.0762 e. The van der Waals surface area contributed by atoms with E-state index < -0.39 is 0 Å². The second-order valence-corrected chi connectivity index (χ2v) is 6.19. The number of aryl methyl sites for hydroxylation is 1. The maximum absolute atomic E-state index is 4.54. The van der Waals surface area contributed by atoms with Crippen LogP contribution in [0.2, 0.25) is 0 Å². The third-order valence-corrected chi connectivity index (χ3v) is 4.00. The van der Waals surface area contributed by atoms with Gasteiger partial charge in [0.15, 0.2) is 0 Å². The second-order valence-electron chi connectivity index (χ2n) is 4.42. The molecular formula is C15H16Br2N2. The molecule has 2 nitrogen and oxygen atoms in total. The third-order valence-electron chi connectivity index (χ3n) is 2.93. The predicted octanol–water partition coefficient (Wildman–Crippen LogP) is 4.61. The first-order valence-corrected chi connectivity index (χ1v) is 7.81. The van der Waals surface area contributed by atoms with Gasteiger partial charge in [-0.1, -0.05) is 36.8 Å². The van der Waals surface area contributed by atoms with Gasteiger partial charge in [0.1, 0.15) is 0 Å². The van der Waals surface area contributed by atoms with Crippen LogP contribution in [0.1, 0.15) is 29.8 Å². The van der Waals surface area contributed by atoms with Crippen LogP contribution < -0.4 is 5.32 Å². The summed E-state index contributed by atoms with van der Waals surface area (Å²) < 4.78 is 1.98. The summed E-state index contributed by atoms with van der Waals surface area (Å²) in [7, 11) is 0. The van der Waals surface area contributed by atoms with Crippen LogP contribution in [0.25, 0.3) is 0 Å². The SMILES string of the molecule is CCNC(c1ccc(C)cc1)c1ncc(Br)cc1Br. The van der Waals surface area contributed by atoms with Crippen LogP contribution in [0.4, 0.5) is 0 Å². The fourth-order valence-corrected chi connectivity index (χ4v) is 3.19. The van der Waals surface area contributed by atoms with E-state index in [1.54, 1.807) is 0 Å². The highest BCUT2D eigenvalue weighted by Gasteiger charge is 2.17. The zero-order chi connectivity index (χ0) is 13.8. The molecule has 0 amide bonds. The van der Waals surface area contributed by atoms with Gasteiger partial charge >= 0.3 is 0 Å². The van der Waals surface area contributed by atoms with E-state index in [4.69, 9.17) is 0 Å². The van der Waals surface area contributed by atoms with E-state index in [-0.39, 0.29) is 6.04 Å². The van der Waals surface area contributed by atoms with E-state index >= 15 is 0 Å². The van der Waals surface area contributed by atoms with Crippen molar-refractivity contribution in [3.8, 4) is 0 Å². The maximum atomic E-state index is 4.54. The normalized spacial score (nSPS) is 12.4. The molecule has 100 valence electrons. The van der Waals surface area contributed by atoms with E-state index in [1.807, 2.05) is 12.3 Å². The molecule has 0 bridgehead atoms. The predicted molar refractivity (Wildman–Crippen MR) is 86.3 cm³/mol. The number of hydrogen-bond acceptors (Lipinski definition) is 2. The number of halogens is 2. The Labute approximate surface area is 130 Å². The lowest BCUT2D eigenvalue weighted by Crippen LogP contribution is -2.23. The quantitative estimate of drug-likeness (QED) is 0.833. The summed E-state index contributed by atoms with van der Waals surface area (Å²) in [6, 6.07) is 10.7. The summed E-state index contributed by atoms with van der Waals surface area (Å²) in [5.74, 6) is 0. The Morgan fingerprint density at radius 2 is 1.89 bits per heavy atom. The van der Waals surface area contributed by atoms with Crippen LogP contribution in [-0.2, 0) is 0 Å². The standard InChI is InChI=1S/C15H16Br2N2/c1-3-18-14(11-6-4-10(2)5-7-11)15-13(17)8-12(16)9-19-15/h4-9,14,18H,3H2,1-2H3. The molecule has 1 aromatic carbocycles. The van der Waals surface area contributed by atoms with Gasteiger partial charge in [-0.15, -0.1) is 0 Å². The molecule has 0 spiro atoms. The fourth-order valence-electron chi connectivity index (χ4n) is 1.97. The molecule has 2 rings (SSSR count). The van der Waals surface area contributed by atoms with Crippen LogP contribution in [0, 0.1) is 6.92 Å². The van der Waals surface area contributed by atoms with E-state index in [1.165, 1.54) is 11.1 Å². The van der Waals surface area contributed by atoms with Gasteiger partial charge in [0.25, 0.3) is 0 Å². The van der Waals surface area contributed by atoms with E-state index in [2.05, 4.69) is 80.3 Å². The molecule has 0 saturated carbocycles. The third kappa shape index (κ3) is 3.65. The zero-order valence-electron chi connectivity index (χ0n) is 11.0. The Bertz CT molecular complexity index is 553. The molecule has 0 saturated heterocycles. The van der Waals surface area contributed by atoms with Crippen molar-refractivity contribution in [2.75, 3.05) is 6.54 Å². The molecule has 1 heterocycles. The maximum Gasteiger partial charge on any atom is 0.0762 e. The van der Waals surface area contributed by atoms with Crippen molar-refractivity contribution in [2.24, 2.45) is 0 Å². The number of nitrogens with one attached hydrogen (secondary N) is 1. The molecule has 0 radical (unpaired) electrons. The van der Waals surface area contributed by atoms with Gasteiger partial charge in [-0.05, 0) is 57.0 Å². The van der Waals surface area contributed by atoms with Crippen molar-refractivity contribution in [2.45, 2.75) is 19.9 Å². The first kappa shape index (κ1) is 14.7. The molecule has 0 aliphatic heterocycles. The van der Waals surface area contributed by atoms with Crippen LogP contribution >= 0.6 is 31.9 Å². The van der Waals surface area contributed by atoms with Crippen molar-refractivity contribution in [3.63, 3.8) is 0 Å². The highest BCUT2D eigenvalue weighted by atomic mass is 79.9. The summed E-state index contributed by atoms with van der Waals surface area (Å²) in [6.45, 7) is 5.09. The lowest BCUT2D eigenvalue weighted by molar-refractivity contribution is 0.612.